The molecule has 24 heavy (non-hydrogen) atoms. The number of carbonyl (C=O) groups is 2. The van der Waals surface area contributed by atoms with Crippen molar-refractivity contribution in [2.75, 3.05) is 5.32 Å². The third-order valence-electron chi connectivity index (χ3n) is 3.41. The lowest BCUT2D eigenvalue weighted by Gasteiger charge is -2.19. The van der Waals surface area contributed by atoms with Gasteiger partial charge in [0.05, 0.1) is 4.90 Å². The van der Waals surface area contributed by atoms with Gasteiger partial charge >= 0.3 is 5.97 Å². The van der Waals surface area contributed by atoms with Gasteiger partial charge in [0.25, 0.3) is 0 Å². The lowest BCUT2D eigenvalue weighted by atomic mass is 9.99. The van der Waals surface area contributed by atoms with Crippen molar-refractivity contribution in [3.05, 3.63) is 48.1 Å². The van der Waals surface area contributed by atoms with Crippen LogP contribution in [0.25, 0.3) is 0 Å². The molecule has 0 aliphatic heterocycles. The maximum Gasteiger partial charge on any atom is 0.326 e. The number of nitrogens with one attached hydrogen (secondary N) is 2. The Morgan fingerprint density at radius 2 is 1.83 bits per heavy atom. The number of carboxylic acids is 1. The van der Waals surface area contributed by atoms with Gasteiger partial charge in [-0.3, -0.25) is 9.59 Å². The highest BCUT2D eigenvalue weighted by atomic mass is 32.2. The van der Waals surface area contributed by atoms with E-state index in [1.165, 1.54) is 31.2 Å². The summed E-state index contributed by atoms with van der Waals surface area (Å²) < 4.78 is 27.1. The van der Waals surface area contributed by atoms with E-state index in [1.807, 2.05) is 12.2 Å². The van der Waals surface area contributed by atoms with Gasteiger partial charge < -0.3 is 10.4 Å². The first-order valence-corrected chi connectivity index (χ1v) is 8.74. The number of rotatable bonds is 6. The van der Waals surface area contributed by atoms with Gasteiger partial charge in [-0.25, -0.2) is 8.42 Å². The van der Waals surface area contributed by atoms with Crippen molar-refractivity contribution in [3.8, 4) is 0 Å². The van der Waals surface area contributed by atoms with E-state index in [2.05, 4.69) is 10.0 Å². The van der Waals surface area contributed by atoms with E-state index in [-0.39, 0.29) is 10.8 Å². The minimum Gasteiger partial charge on any atom is -0.480 e. The normalized spacial score (nSPS) is 15.5. The lowest BCUT2D eigenvalue weighted by molar-refractivity contribution is -0.138. The molecule has 2 rings (SSSR count). The molecule has 0 aromatic heterocycles. The van der Waals surface area contributed by atoms with Gasteiger partial charge in [0.2, 0.25) is 15.9 Å². The fourth-order valence-electron chi connectivity index (χ4n) is 2.28. The van der Waals surface area contributed by atoms with Gasteiger partial charge in [-0.15, -0.1) is 0 Å². The summed E-state index contributed by atoms with van der Waals surface area (Å²) in [5, 5.41) is 11.9. The van der Waals surface area contributed by atoms with Crippen molar-refractivity contribution in [3.63, 3.8) is 0 Å². The second-order valence-corrected chi connectivity index (χ2v) is 7.00. The summed E-state index contributed by atoms with van der Waals surface area (Å²) >= 11 is 0. The van der Waals surface area contributed by atoms with E-state index in [0.717, 1.165) is 0 Å². The van der Waals surface area contributed by atoms with Crippen LogP contribution in [0.2, 0.25) is 0 Å². The van der Waals surface area contributed by atoms with Gasteiger partial charge in [0, 0.05) is 12.6 Å². The van der Waals surface area contributed by atoms with E-state index in [9.17, 15) is 23.1 Å². The molecule has 0 heterocycles. The van der Waals surface area contributed by atoms with Crippen LogP contribution in [0.15, 0.2) is 53.0 Å². The van der Waals surface area contributed by atoms with Crippen molar-refractivity contribution >= 4 is 27.6 Å². The first-order valence-electron chi connectivity index (χ1n) is 7.26. The Morgan fingerprint density at radius 3 is 2.33 bits per heavy atom. The maximum atomic E-state index is 12.4. The molecule has 0 radical (unpaired) electrons. The molecule has 8 heteroatoms. The highest BCUT2D eigenvalue weighted by Gasteiger charge is 2.28. The van der Waals surface area contributed by atoms with Crippen LogP contribution in [-0.4, -0.2) is 31.4 Å². The number of benzene rings is 1. The number of aliphatic carboxylic acids is 1. The summed E-state index contributed by atoms with van der Waals surface area (Å²) in [6.45, 7) is 1.34. The summed E-state index contributed by atoms with van der Waals surface area (Å²) in [5.41, 5.74) is 0.958. The molecule has 0 saturated carbocycles. The van der Waals surface area contributed by atoms with Gasteiger partial charge in [-0.05, 0) is 42.7 Å². The van der Waals surface area contributed by atoms with Crippen LogP contribution in [0, 0.1) is 0 Å². The van der Waals surface area contributed by atoms with Crippen LogP contribution in [0.1, 0.15) is 19.8 Å². The molecule has 0 spiro atoms. The molecule has 1 atom stereocenters. The highest BCUT2D eigenvalue weighted by Crippen LogP contribution is 2.19. The van der Waals surface area contributed by atoms with Crippen molar-refractivity contribution in [2.45, 2.75) is 30.7 Å². The summed E-state index contributed by atoms with van der Waals surface area (Å²) in [6, 6.07) is 4.18. The Balaban J connectivity index is 2.20. The molecule has 128 valence electrons. The predicted molar refractivity (Wildman–Crippen MR) is 88.9 cm³/mol. The molecule has 7 nitrogen and oxygen atoms in total. The zero-order valence-electron chi connectivity index (χ0n) is 13.0. The molecule has 0 bridgehead atoms. The van der Waals surface area contributed by atoms with E-state index in [4.69, 9.17) is 0 Å². The smallest absolute Gasteiger partial charge is 0.326 e. The van der Waals surface area contributed by atoms with Crippen LogP contribution in [0.5, 0.6) is 0 Å². The van der Waals surface area contributed by atoms with Crippen LogP contribution < -0.4 is 10.0 Å². The molecular weight excluding hydrogens is 332 g/mol. The predicted octanol–water partition coefficient (Wildman–Crippen LogP) is 1.65. The fourth-order valence-corrected chi connectivity index (χ4v) is 3.48. The topological polar surface area (TPSA) is 113 Å². The monoisotopic (exact) mass is 350 g/mol. The van der Waals surface area contributed by atoms with Crippen LogP contribution >= 0.6 is 0 Å². The molecule has 1 amide bonds. The van der Waals surface area contributed by atoms with Gasteiger partial charge in [-0.2, -0.15) is 4.72 Å². The average Bonchev–Trinajstić information content (AvgIpc) is 2.53. The molecule has 0 fully saturated rings. The molecular formula is C16H18N2O5S. The molecule has 1 aromatic rings. The number of allylic oxidation sites excluding steroid dienone is 3. The van der Waals surface area contributed by atoms with Gasteiger partial charge in [0.1, 0.15) is 6.04 Å². The SMILES string of the molecule is CC(=O)Nc1ccc(S(=O)(=O)N[C@@H](C(=O)O)C2=CCC=CC2)cc1. The standard InChI is InChI=1S/C16H18N2O5S/c1-11(19)17-13-7-9-14(10-8-13)24(22,23)18-15(16(20)21)12-5-3-2-4-6-12/h2-3,6-10,15,18H,4-5H2,1H3,(H,17,19)(H,20,21)/t15-/m1/s1. The average molecular weight is 350 g/mol. The van der Waals surface area contributed by atoms with Gasteiger partial charge in [0.15, 0.2) is 0 Å². The first kappa shape index (κ1) is 17.9. The van der Waals surface area contributed by atoms with Gasteiger partial charge in [-0.1, -0.05) is 18.2 Å². The Hall–Kier alpha value is -2.45. The fraction of sp³-hybridized carbons (Fsp3) is 0.250. The number of amides is 1. The van der Waals surface area contributed by atoms with E-state index in [1.54, 1.807) is 6.08 Å². The largest absolute Gasteiger partial charge is 0.480 e. The van der Waals surface area contributed by atoms with Crippen molar-refractivity contribution < 1.29 is 23.1 Å². The second kappa shape index (κ2) is 7.41. The number of hydrogen-bond acceptors (Lipinski definition) is 4. The summed E-state index contributed by atoms with van der Waals surface area (Å²) in [6.07, 6.45) is 6.37. The second-order valence-electron chi connectivity index (χ2n) is 5.29. The van der Waals surface area contributed by atoms with Crippen LogP contribution in [0.4, 0.5) is 5.69 Å². The quantitative estimate of drug-likeness (QED) is 0.675. The third-order valence-corrected chi connectivity index (χ3v) is 4.85. The summed E-state index contributed by atoms with van der Waals surface area (Å²) in [4.78, 5) is 22.3. The highest BCUT2D eigenvalue weighted by molar-refractivity contribution is 7.89. The Morgan fingerprint density at radius 1 is 1.17 bits per heavy atom. The van der Waals surface area contributed by atoms with E-state index >= 15 is 0 Å². The number of hydrogen-bond donors (Lipinski definition) is 3. The summed E-state index contributed by atoms with van der Waals surface area (Å²) in [5.74, 6) is -1.53. The van der Waals surface area contributed by atoms with Crippen molar-refractivity contribution in [1.82, 2.24) is 4.72 Å². The number of carbonyl (C=O) groups excluding carboxylic acids is 1. The summed E-state index contributed by atoms with van der Waals surface area (Å²) in [7, 11) is -4.01. The van der Waals surface area contributed by atoms with E-state index < -0.39 is 22.0 Å². The Kier molecular flexibility index (Phi) is 5.53. The molecule has 0 unspecified atom stereocenters. The van der Waals surface area contributed by atoms with Crippen molar-refractivity contribution in [1.29, 1.82) is 0 Å². The molecule has 1 aliphatic rings. The zero-order valence-corrected chi connectivity index (χ0v) is 13.8. The third kappa shape index (κ3) is 4.53. The number of carboxylic acid groups (broad SMARTS) is 1. The number of sulfonamides is 1. The maximum absolute atomic E-state index is 12.4. The molecule has 1 aromatic carbocycles. The number of anilines is 1. The van der Waals surface area contributed by atoms with E-state index in [0.29, 0.717) is 24.1 Å². The molecule has 1 aliphatic carbocycles. The molecule has 3 N–H and O–H groups in total. The zero-order chi connectivity index (χ0) is 17.7. The molecule has 0 saturated heterocycles. The Labute approximate surface area is 140 Å². The minimum atomic E-state index is -4.01. The van der Waals surface area contributed by atoms with Crippen LogP contribution in [0.3, 0.4) is 0 Å². The minimum absolute atomic E-state index is 0.0743. The lowest BCUT2D eigenvalue weighted by Crippen LogP contribution is -2.42. The van der Waals surface area contributed by atoms with Crippen molar-refractivity contribution in [2.24, 2.45) is 0 Å². The first-order chi connectivity index (χ1) is 11.3. The van der Waals surface area contributed by atoms with Crippen LogP contribution in [-0.2, 0) is 19.6 Å². The Bertz CT molecular complexity index is 794.